The standard InChI is InChI=1S/C28H30BrNO7/c1-6-37-23-13-17(9-18(29)27(23)32)25-24(28(33)36-5)14(2)30-19-10-16(11-20(31)26(19)25)15-7-8-21(34-3)22(12-15)35-4/h7-9,12-13,16,25-26,32H,6,10-11H2,1-5H3/t16-,25+,26?/m1/s1. The Morgan fingerprint density at radius 1 is 1.03 bits per heavy atom. The number of halogens is 1. The summed E-state index contributed by atoms with van der Waals surface area (Å²) in [5.41, 5.74) is 3.16. The molecule has 2 aliphatic rings. The van der Waals surface area contributed by atoms with Gasteiger partial charge in [0.25, 0.3) is 0 Å². The molecule has 4 rings (SSSR count). The average molecular weight is 572 g/mol. The van der Waals surface area contributed by atoms with E-state index in [2.05, 4.69) is 15.9 Å². The minimum Gasteiger partial charge on any atom is -0.503 e. The van der Waals surface area contributed by atoms with E-state index in [0.717, 1.165) is 5.56 Å². The third-order valence-corrected chi connectivity index (χ3v) is 7.55. The number of aromatic hydroxyl groups is 1. The summed E-state index contributed by atoms with van der Waals surface area (Å²) in [4.78, 5) is 31.5. The van der Waals surface area contributed by atoms with Crippen molar-refractivity contribution >= 4 is 33.4 Å². The first kappa shape index (κ1) is 26.7. The summed E-state index contributed by atoms with van der Waals surface area (Å²) in [5.74, 6) is -0.488. The van der Waals surface area contributed by atoms with Crippen LogP contribution in [0.5, 0.6) is 23.0 Å². The molecule has 1 N–H and O–H groups in total. The molecule has 0 aromatic heterocycles. The summed E-state index contributed by atoms with van der Waals surface area (Å²) in [6.45, 7) is 3.91. The Labute approximate surface area is 224 Å². The molecule has 3 atom stereocenters. The van der Waals surface area contributed by atoms with E-state index in [1.807, 2.05) is 25.1 Å². The number of methoxy groups -OCH3 is 3. The predicted molar refractivity (Wildman–Crippen MR) is 142 cm³/mol. The topological polar surface area (TPSA) is 104 Å². The van der Waals surface area contributed by atoms with Crippen LogP contribution in [0.3, 0.4) is 0 Å². The molecular weight excluding hydrogens is 542 g/mol. The number of carbonyl (C=O) groups excluding carboxylic acids is 2. The number of hydrogen-bond donors (Lipinski definition) is 1. The molecule has 1 saturated carbocycles. The number of allylic oxidation sites excluding steroid dienone is 1. The minimum absolute atomic E-state index is 0.0224. The second-order valence-corrected chi connectivity index (χ2v) is 9.87. The Kier molecular flexibility index (Phi) is 7.92. The molecule has 37 heavy (non-hydrogen) atoms. The number of Topliss-reactive ketones (excluding diaryl/α,β-unsaturated/α-hetero) is 1. The fourth-order valence-electron chi connectivity index (χ4n) is 5.29. The third-order valence-electron chi connectivity index (χ3n) is 6.95. The van der Waals surface area contributed by atoms with Crippen LogP contribution in [-0.4, -0.2) is 50.5 Å². The highest BCUT2D eigenvalue weighted by molar-refractivity contribution is 9.10. The largest absolute Gasteiger partial charge is 0.503 e. The van der Waals surface area contributed by atoms with Gasteiger partial charge < -0.3 is 24.1 Å². The fraction of sp³-hybridized carbons (Fsp3) is 0.393. The van der Waals surface area contributed by atoms with Crippen molar-refractivity contribution in [1.82, 2.24) is 0 Å². The predicted octanol–water partition coefficient (Wildman–Crippen LogP) is 5.32. The van der Waals surface area contributed by atoms with E-state index in [1.54, 1.807) is 33.3 Å². The molecule has 8 nitrogen and oxygen atoms in total. The van der Waals surface area contributed by atoms with E-state index in [4.69, 9.17) is 23.9 Å². The first-order chi connectivity index (χ1) is 17.7. The highest BCUT2D eigenvalue weighted by atomic mass is 79.9. The van der Waals surface area contributed by atoms with Crippen molar-refractivity contribution in [2.75, 3.05) is 27.9 Å². The number of carbonyl (C=O) groups is 2. The highest BCUT2D eigenvalue weighted by Crippen LogP contribution is 2.49. The van der Waals surface area contributed by atoms with Crippen LogP contribution in [0, 0.1) is 5.92 Å². The summed E-state index contributed by atoms with van der Waals surface area (Å²) in [6.07, 6.45) is 0.826. The zero-order valence-electron chi connectivity index (χ0n) is 21.5. The van der Waals surface area contributed by atoms with Crippen molar-refractivity contribution in [3.8, 4) is 23.0 Å². The molecular formula is C28H30BrNO7. The van der Waals surface area contributed by atoms with Gasteiger partial charge in [-0.05, 0) is 77.5 Å². The maximum Gasteiger partial charge on any atom is 0.336 e. The Hall–Kier alpha value is -3.33. The molecule has 0 bridgehead atoms. The lowest BCUT2D eigenvalue weighted by Crippen LogP contribution is -2.41. The van der Waals surface area contributed by atoms with Crippen molar-refractivity contribution in [3.63, 3.8) is 0 Å². The Morgan fingerprint density at radius 2 is 1.73 bits per heavy atom. The number of benzene rings is 2. The number of phenolic OH excluding ortho intramolecular Hbond substituents is 1. The van der Waals surface area contributed by atoms with Gasteiger partial charge in [0, 0.05) is 23.7 Å². The number of ketones is 1. The molecule has 196 valence electrons. The molecule has 1 aliphatic heterocycles. The number of phenols is 1. The van der Waals surface area contributed by atoms with Gasteiger partial charge in [0.15, 0.2) is 23.0 Å². The molecule has 1 aliphatic carbocycles. The van der Waals surface area contributed by atoms with Gasteiger partial charge in [0.2, 0.25) is 0 Å². The van der Waals surface area contributed by atoms with Gasteiger partial charge in [0.05, 0.1) is 43.9 Å². The zero-order valence-corrected chi connectivity index (χ0v) is 23.0. The number of esters is 1. The van der Waals surface area contributed by atoms with E-state index in [9.17, 15) is 14.7 Å². The first-order valence-electron chi connectivity index (χ1n) is 12.0. The van der Waals surface area contributed by atoms with Gasteiger partial charge in [-0.1, -0.05) is 6.07 Å². The van der Waals surface area contributed by atoms with Gasteiger partial charge in [-0.3, -0.25) is 9.79 Å². The highest BCUT2D eigenvalue weighted by Gasteiger charge is 2.46. The Bertz CT molecular complexity index is 1300. The number of fused-ring (bicyclic) bond motifs is 1. The van der Waals surface area contributed by atoms with Crippen LogP contribution < -0.4 is 14.2 Å². The van der Waals surface area contributed by atoms with Crippen LogP contribution in [0.1, 0.15) is 49.7 Å². The van der Waals surface area contributed by atoms with E-state index in [1.165, 1.54) is 7.11 Å². The van der Waals surface area contributed by atoms with E-state index >= 15 is 0 Å². The normalized spacial score (nSPS) is 21.2. The number of aliphatic imine (C=N–C) groups is 1. The average Bonchev–Trinajstić information content (AvgIpc) is 2.89. The van der Waals surface area contributed by atoms with Crippen LogP contribution in [-0.2, 0) is 14.3 Å². The summed E-state index contributed by atoms with van der Waals surface area (Å²) in [5, 5.41) is 10.5. The van der Waals surface area contributed by atoms with Crippen LogP contribution in [0.15, 0.2) is 51.1 Å². The number of hydrogen-bond acceptors (Lipinski definition) is 8. The third kappa shape index (κ3) is 4.97. The summed E-state index contributed by atoms with van der Waals surface area (Å²) < 4.78 is 22.0. The quantitative estimate of drug-likeness (QED) is 0.448. The molecule has 1 unspecified atom stereocenters. The van der Waals surface area contributed by atoms with Gasteiger partial charge in [-0.25, -0.2) is 4.79 Å². The monoisotopic (exact) mass is 571 g/mol. The zero-order chi connectivity index (χ0) is 26.9. The molecule has 1 fully saturated rings. The first-order valence-corrected chi connectivity index (χ1v) is 12.8. The fourth-order valence-corrected chi connectivity index (χ4v) is 5.75. The number of nitrogens with zero attached hydrogens (tertiary/aromatic N) is 1. The van der Waals surface area contributed by atoms with E-state index < -0.39 is 17.8 Å². The number of ether oxygens (including phenoxy) is 4. The van der Waals surface area contributed by atoms with Gasteiger partial charge >= 0.3 is 5.97 Å². The molecule has 0 spiro atoms. The number of rotatable bonds is 7. The second-order valence-electron chi connectivity index (χ2n) is 9.02. The van der Waals surface area contributed by atoms with Crippen LogP contribution in [0.25, 0.3) is 0 Å². The minimum atomic E-state index is -0.639. The Balaban J connectivity index is 1.81. The van der Waals surface area contributed by atoms with Gasteiger partial charge in [0.1, 0.15) is 5.78 Å². The lowest BCUT2D eigenvalue weighted by Gasteiger charge is -2.38. The maximum absolute atomic E-state index is 13.8. The van der Waals surface area contributed by atoms with Crippen molar-refractivity contribution in [1.29, 1.82) is 0 Å². The van der Waals surface area contributed by atoms with Crippen molar-refractivity contribution in [2.45, 2.75) is 38.5 Å². The van der Waals surface area contributed by atoms with Crippen LogP contribution in [0.2, 0.25) is 0 Å². The van der Waals surface area contributed by atoms with Crippen molar-refractivity contribution in [2.24, 2.45) is 10.9 Å². The van der Waals surface area contributed by atoms with Crippen LogP contribution in [0.4, 0.5) is 0 Å². The van der Waals surface area contributed by atoms with Crippen molar-refractivity contribution in [3.05, 3.63) is 57.2 Å². The van der Waals surface area contributed by atoms with E-state index in [0.29, 0.717) is 51.5 Å². The molecule has 2 aromatic carbocycles. The smallest absolute Gasteiger partial charge is 0.336 e. The lowest BCUT2D eigenvalue weighted by molar-refractivity contribution is -0.136. The molecule has 0 saturated heterocycles. The lowest BCUT2D eigenvalue weighted by atomic mass is 9.66. The second kappa shape index (κ2) is 11.0. The SMILES string of the molecule is CCOc1cc([C@H]2C(C(=O)OC)=C(C)N=C3C[C@@H](c4ccc(OC)c(OC)c4)CC(=O)C32)cc(Br)c1O. The molecule has 0 radical (unpaired) electrons. The molecule has 9 heteroatoms. The summed E-state index contributed by atoms with van der Waals surface area (Å²) in [7, 11) is 4.47. The molecule has 0 amide bonds. The Morgan fingerprint density at radius 3 is 2.38 bits per heavy atom. The van der Waals surface area contributed by atoms with E-state index in [-0.39, 0.29) is 29.6 Å². The molecule has 2 aromatic rings. The van der Waals surface area contributed by atoms with Crippen LogP contribution >= 0.6 is 15.9 Å². The van der Waals surface area contributed by atoms with Gasteiger partial charge in [-0.15, -0.1) is 0 Å². The summed E-state index contributed by atoms with van der Waals surface area (Å²) in [6, 6.07) is 9.07. The van der Waals surface area contributed by atoms with Crippen molar-refractivity contribution < 1.29 is 33.6 Å². The summed E-state index contributed by atoms with van der Waals surface area (Å²) >= 11 is 3.39. The maximum atomic E-state index is 13.8. The van der Waals surface area contributed by atoms with Gasteiger partial charge in [-0.2, -0.15) is 0 Å². The molecule has 1 heterocycles.